The van der Waals surface area contributed by atoms with Crippen molar-refractivity contribution in [1.82, 2.24) is 0 Å². The van der Waals surface area contributed by atoms with Crippen LogP contribution >= 0.6 is 0 Å². The summed E-state index contributed by atoms with van der Waals surface area (Å²) in [6.07, 6.45) is 24.1. The highest BCUT2D eigenvalue weighted by atomic mass is 15.1. The van der Waals surface area contributed by atoms with Gasteiger partial charge in [0.05, 0.1) is 5.69 Å². The van der Waals surface area contributed by atoms with Crippen LogP contribution in [-0.4, -0.2) is 44.2 Å². The van der Waals surface area contributed by atoms with Gasteiger partial charge in [0.1, 0.15) is 14.1 Å². The van der Waals surface area contributed by atoms with Crippen LogP contribution in [0.2, 0.25) is 0 Å². The van der Waals surface area contributed by atoms with Gasteiger partial charge in [0.2, 0.25) is 0 Å². The lowest BCUT2D eigenvalue weighted by Gasteiger charge is -2.11. The van der Waals surface area contributed by atoms with Crippen molar-refractivity contribution in [2.45, 2.75) is 13.3 Å². The summed E-state index contributed by atoms with van der Waals surface area (Å²) in [5.41, 5.74) is 8.88. The monoisotopic (exact) mass is 488 g/mol. The van der Waals surface area contributed by atoms with Crippen molar-refractivity contribution >= 4 is 34.4 Å². The molecule has 3 rings (SSSR count). The summed E-state index contributed by atoms with van der Waals surface area (Å²) in [5, 5.41) is 0. The molecule has 3 nitrogen and oxygen atoms in total. The molecule has 0 unspecified atom stereocenters. The molecular weight excluding hydrogens is 450 g/mol. The number of aliphatic imine (C=N–C) groups is 1. The molecule has 0 saturated heterocycles. The Hall–Kier alpha value is -4.24. The van der Waals surface area contributed by atoms with E-state index < -0.39 is 0 Å². The Morgan fingerprint density at radius 2 is 1.59 bits per heavy atom. The van der Waals surface area contributed by atoms with Crippen molar-refractivity contribution in [1.29, 1.82) is 0 Å². The van der Waals surface area contributed by atoms with E-state index in [1.807, 2.05) is 19.1 Å². The summed E-state index contributed by atoms with van der Waals surface area (Å²) < 4.78 is 2.11. The van der Waals surface area contributed by atoms with E-state index in [2.05, 4.69) is 147 Å². The highest BCUT2D eigenvalue weighted by Crippen LogP contribution is 2.23. The lowest BCUT2D eigenvalue weighted by Crippen LogP contribution is -2.09. The summed E-state index contributed by atoms with van der Waals surface area (Å²) >= 11 is 0. The van der Waals surface area contributed by atoms with E-state index in [0.29, 0.717) is 0 Å². The van der Waals surface area contributed by atoms with Gasteiger partial charge in [-0.1, -0.05) is 60.7 Å². The molecule has 37 heavy (non-hydrogen) atoms. The summed E-state index contributed by atoms with van der Waals surface area (Å²) in [4.78, 5) is 6.81. The Balaban J connectivity index is 1.90. The molecule has 0 radical (unpaired) electrons. The number of nitrogens with zero attached hydrogens (tertiary/aromatic N) is 3. The fourth-order valence-electron chi connectivity index (χ4n) is 3.69. The second-order valence-corrected chi connectivity index (χ2v) is 9.32. The fraction of sp³-hybridized carbons (Fsp3) is 0.176. The number of allylic oxidation sites excluding steroid dienone is 12. The standard InChI is InChI=1S/C34H38N3/c1-7-8-9-10-27(2)35-32-21-19-31(20-22-32)30(17-11-28-13-23-33(24-14-28)36(3)4)18-12-29-15-25-34(26-16-29)37(5)6/h7,9-26H,1,8H2,2-6H3/q+1. The molecule has 3 heteroatoms. The molecule has 0 fully saturated rings. The van der Waals surface area contributed by atoms with Crippen LogP contribution in [0.5, 0.6) is 0 Å². The first-order valence-corrected chi connectivity index (χ1v) is 12.6. The lowest BCUT2D eigenvalue weighted by molar-refractivity contribution is -0.462. The first kappa shape index (κ1) is 27.3. The maximum atomic E-state index is 4.71. The van der Waals surface area contributed by atoms with Crippen molar-refractivity contribution in [3.05, 3.63) is 133 Å². The van der Waals surface area contributed by atoms with Gasteiger partial charge < -0.3 is 4.90 Å². The Kier molecular flexibility index (Phi) is 10.2. The molecule has 0 spiro atoms. The number of benzene rings is 2. The smallest absolute Gasteiger partial charge is 0.199 e. The second kappa shape index (κ2) is 13.7. The van der Waals surface area contributed by atoms with Crippen LogP contribution in [0.15, 0.2) is 126 Å². The molecule has 0 atom stereocenters. The molecule has 188 valence electrons. The number of hydrogen-bond acceptors (Lipinski definition) is 2. The molecule has 0 heterocycles. The molecule has 0 bridgehead atoms. The number of rotatable bonds is 9. The zero-order valence-corrected chi connectivity index (χ0v) is 22.7. The molecule has 0 N–H and O–H groups in total. The number of anilines is 1. The Bertz CT molecular complexity index is 1300. The van der Waals surface area contributed by atoms with E-state index in [1.54, 1.807) is 0 Å². The third kappa shape index (κ3) is 8.73. The molecular formula is C34H38N3+. The van der Waals surface area contributed by atoms with Crippen molar-refractivity contribution in [3.8, 4) is 0 Å². The van der Waals surface area contributed by atoms with E-state index in [-0.39, 0.29) is 0 Å². The van der Waals surface area contributed by atoms with Crippen molar-refractivity contribution in [3.63, 3.8) is 0 Å². The molecule has 1 aliphatic carbocycles. The maximum absolute atomic E-state index is 4.71. The van der Waals surface area contributed by atoms with Crippen molar-refractivity contribution in [2.75, 3.05) is 33.1 Å². The normalized spacial score (nSPS) is 14.1. The van der Waals surface area contributed by atoms with E-state index in [9.17, 15) is 0 Å². The summed E-state index contributed by atoms with van der Waals surface area (Å²) in [7, 11) is 8.22. The van der Waals surface area contributed by atoms with Crippen LogP contribution in [0.3, 0.4) is 0 Å². The first-order valence-electron chi connectivity index (χ1n) is 12.6. The average molecular weight is 489 g/mol. The minimum Gasteiger partial charge on any atom is -0.378 e. The van der Waals surface area contributed by atoms with Crippen LogP contribution in [0.1, 0.15) is 24.5 Å². The minimum atomic E-state index is 0.846. The Morgan fingerprint density at radius 1 is 0.919 bits per heavy atom. The molecule has 0 aliphatic heterocycles. The van der Waals surface area contributed by atoms with Crippen LogP contribution in [-0.2, 0) is 0 Å². The lowest BCUT2D eigenvalue weighted by atomic mass is 10.0. The van der Waals surface area contributed by atoms with E-state index >= 15 is 0 Å². The predicted octanol–water partition coefficient (Wildman–Crippen LogP) is 7.84. The van der Waals surface area contributed by atoms with Gasteiger partial charge in [-0.05, 0) is 78.1 Å². The Morgan fingerprint density at radius 3 is 2.19 bits per heavy atom. The summed E-state index contributed by atoms with van der Waals surface area (Å²) in [5.74, 6) is 0. The first-order chi connectivity index (χ1) is 17.9. The van der Waals surface area contributed by atoms with Crippen molar-refractivity contribution in [2.24, 2.45) is 4.99 Å². The molecule has 2 aromatic rings. The van der Waals surface area contributed by atoms with Crippen LogP contribution in [0.25, 0.3) is 11.6 Å². The quantitative estimate of drug-likeness (QED) is 0.152. The van der Waals surface area contributed by atoms with Crippen molar-refractivity contribution < 1.29 is 4.58 Å². The summed E-state index contributed by atoms with van der Waals surface area (Å²) in [6, 6.07) is 17.0. The van der Waals surface area contributed by atoms with E-state index in [0.717, 1.165) is 40.1 Å². The van der Waals surface area contributed by atoms with Crippen LogP contribution in [0, 0.1) is 0 Å². The van der Waals surface area contributed by atoms with Gasteiger partial charge in [0.25, 0.3) is 0 Å². The van der Waals surface area contributed by atoms with E-state index in [4.69, 9.17) is 4.99 Å². The van der Waals surface area contributed by atoms with Gasteiger partial charge in [0.15, 0.2) is 5.71 Å². The van der Waals surface area contributed by atoms with Gasteiger partial charge in [-0.25, -0.2) is 4.58 Å². The third-order valence-corrected chi connectivity index (χ3v) is 5.90. The maximum Gasteiger partial charge on any atom is 0.199 e. The van der Waals surface area contributed by atoms with Gasteiger partial charge >= 0.3 is 0 Å². The largest absolute Gasteiger partial charge is 0.378 e. The molecule has 0 aromatic heterocycles. The zero-order valence-electron chi connectivity index (χ0n) is 22.7. The highest BCUT2D eigenvalue weighted by molar-refractivity contribution is 6.02. The van der Waals surface area contributed by atoms with Gasteiger partial charge in [-0.2, -0.15) is 0 Å². The fourth-order valence-corrected chi connectivity index (χ4v) is 3.69. The van der Waals surface area contributed by atoms with Crippen LogP contribution < -0.4 is 4.90 Å². The highest BCUT2D eigenvalue weighted by Gasteiger charge is 2.04. The molecule has 1 aliphatic rings. The average Bonchev–Trinajstić information content (AvgIpc) is 2.90. The minimum absolute atomic E-state index is 0.846. The Labute approximate surface area is 222 Å². The summed E-state index contributed by atoms with van der Waals surface area (Å²) in [6.45, 7) is 5.76. The SMILES string of the molecule is C=CCC=CC(C)=Nc1ccc(C(=CC=C2C=CC(=[N+](C)C)C=C2)/C=C/c2ccc(N(C)C)cc2)cc1. The molecule has 2 aromatic carbocycles. The zero-order chi connectivity index (χ0) is 26.6. The van der Waals surface area contributed by atoms with Gasteiger partial charge in [-0.15, -0.1) is 6.58 Å². The van der Waals surface area contributed by atoms with Crippen LogP contribution in [0.4, 0.5) is 11.4 Å². The van der Waals surface area contributed by atoms with Gasteiger partial charge in [-0.3, -0.25) is 4.99 Å². The van der Waals surface area contributed by atoms with Gasteiger partial charge in [0, 0.05) is 37.6 Å². The molecule has 0 amide bonds. The third-order valence-electron chi connectivity index (χ3n) is 5.90. The topological polar surface area (TPSA) is 18.6 Å². The predicted molar refractivity (Wildman–Crippen MR) is 164 cm³/mol. The number of hydrogen-bond donors (Lipinski definition) is 0. The second-order valence-electron chi connectivity index (χ2n) is 9.32. The molecule has 0 saturated carbocycles. The van der Waals surface area contributed by atoms with E-state index in [1.165, 1.54) is 11.4 Å².